The van der Waals surface area contributed by atoms with Crippen LogP contribution in [-0.2, 0) is 0 Å². The monoisotopic (exact) mass is 278 g/mol. The van der Waals surface area contributed by atoms with Crippen molar-refractivity contribution in [1.82, 2.24) is 4.90 Å². The summed E-state index contributed by atoms with van der Waals surface area (Å²) >= 11 is 1.16. The van der Waals surface area contributed by atoms with Crippen molar-refractivity contribution in [2.45, 2.75) is 40.0 Å². The summed E-state index contributed by atoms with van der Waals surface area (Å²) in [7, 11) is 0. The van der Waals surface area contributed by atoms with Crippen molar-refractivity contribution >= 4 is 18.5 Å². The molecule has 5 heteroatoms. The fraction of sp³-hybridized carbons (Fsp3) is 0.769. The quantitative estimate of drug-likeness (QED) is 0.592. The number of alkyl halides is 2. The highest BCUT2D eigenvalue weighted by molar-refractivity contribution is 8.03. The molecule has 18 heavy (non-hydrogen) atoms. The van der Waals surface area contributed by atoms with Gasteiger partial charge in [-0.05, 0) is 33.2 Å². The first-order valence-electron chi connectivity index (χ1n) is 6.23. The third-order valence-electron chi connectivity index (χ3n) is 2.50. The first-order chi connectivity index (χ1) is 8.34. The zero-order valence-electron chi connectivity index (χ0n) is 11.8. The molecular weight excluding hydrogens is 254 g/mol. The van der Waals surface area contributed by atoms with E-state index in [0.717, 1.165) is 48.8 Å². The fourth-order valence-electron chi connectivity index (χ4n) is 1.47. The molecule has 0 aliphatic heterocycles. The van der Waals surface area contributed by atoms with Crippen LogP contribution in [0.5, 0.6) is 0 Å². The molecule has 0 aliphatic carbocycles. The summed E-state index contributed by atoms with van der Waals surface area (Å²) < 4.78 is 25.6. The molecule has 0 atom stereocenters. The second-order valence-corrected chi connectivity index (χ2v) is 5.58. The van der Waals surface area contributed by atoms with Crippen molar-refractivity contribution in [3.8, 4) is 0 Å². The number of hydrogen-bond acceptors (Lipinski definition) is 3. The lowest BCUT2D eigenvalue weighted by Crippen LogP contribution is -2.26. The van der Waals surface area contributed by atoms with Gasteiger partial charge in [0.05, 0.1) is 11.4 Å². The van der Waals surface area contributed by atoms with Gasteiger partial charge in [0.2, 0.25) is 0 Å². The molecule has 0 unspecified atom stereocenters. The highest BCUT2D eigenvalue weighted by Gasteiger charge is 2.21. The van der Waals surface area contributed by atoms with Crippen LogP contribution in [0.2, 0.25) is 0 Å². The van der Waals surface area contributed by atoms with Gasteiger partial charge in [-0.15, -0.1) is 11.8 Å². The van der Waals surface area contributed by atoms with E-state index >= 15 is 0 Å². The van der Waals surface area contributed by atoms with Crippen LogP contribution in [0.25, 0.3) is 0 Å². The van der Waals surface area contributed by atoms with Gasteiger partial charge >= 0.3 is 0 Å². The van der Waals surface area contributed by atoms with E-state index < -0.39 is 5.92 Å². The van der Waals surface area contributed by atoms with Gasteiger partial charge in [0, 0.05) is 18.4 Å². The molecule has 0 heterocycles. The number of allylic oxidation sites excluding steroid dienone is 1. The summed E-state index contributed by atoms with van der Waals surface area (Å²) in [6.07, 6.45) is 1.07. The Kier molecular flexibility index (Phi) is 8.44. The Morgan fingerprint density at radius 1 is 1.39 bits per heavy atom. The maximum Gasteiger partial charge on any atom is 0.254 e. The van der Waals surface area contributed by atoms with Gasteiger partial charge < -0.3 is 0 Å². The summed E-state index contributed by atoms with van der Waals surface area (Å²) in [6, 6.07) is 0. The molecule has 0 fully saturated rings. The number of hydrogen-bond donors (Lipinski definition) is 0. The van der Waals surface area contributed by atoms with Gasteiger partial charge in [-0.3, -0.25) is 9.89 Å². The number of thioether (sulfide) groups is 1. The lowest BCUT2D eigenvalue weighted by Gasteiger charge is -2.21. The third kappa shape index (κ3) is 7.82. The highest BCUT2D eigenvalue weighted by Crippen LogP contribution is 2.27. The van der Waals surface area contributed by atoms with E-state index in [-0.39, 0.29) is 5.75 Å². The van der Waals surface area contributed by atoms with Crippen LogP contribution in [0.15, 0.2) is 15.6 Å². The molecule has 0 spiro atoms. The number of likely N-dealkylation sites (N-methyl/N-ethyl adjacent to an activating group) is 1. The van der Waals surface area contributed by atoms with Crippen molar-refractivity contribution in [3.05, 3.63) is 10.6 Å². The maximum atomic E-state index is 12.8. The first kappa shape index (κ1) is 17.6. The van der Waals surface area contributed by atoms with Gasteiger partial charge in [0.15, 0.2) is 0 Å². The third-order valence-corrected chi connectivity index (χ3v) is 3.82. The average molecular weight is 278 g/mol. The molecule has 2 nitrogen and oxygen atoms in total. The number of halogens is 2. The van der Waals surface area contributed by atoms with E-state index in [2.05, 4.69) is 30.5 Å². The van der Waals surface area contributed by atoms with Crippen LogP contribution in [0.4, 0.5) is 8.78 Å². The molecule has 0 rings (SSSR count). The summed E-state index contributed by atoms with van der Waals surface area (Å²) in [6.45, 7) is 13.1. The van der Waals surface area contributed by atoms with Gasteiger partial charge in [-0.25, -0.2) is 8.78 Å². The molecule has 0 radical (unpaired) electrons. The van der Waals surface area contributed by atoms with E-state index in [9.17, 15) is 8.78 Å². The second kappa shape index (κ2) is 8.64. The maximum absolute atomic E-state index is 12.8. The van der Waals surface area contributed by atoms with Crippen LogP contribution in [0.3, 0.4) is 0 Å². The predicted octanol–water partition coefficient (Wildman–Crippen LogP) is 4.04. The molecular formula is C13H24F2N2S. The van der Waals surface area contributed by atoms with Gasteiger partial charge in [0.25, 0.3) is 5.92 Å². The Morgan fingerprint density at radius 3 is 2.39 bits per heavy atom. The Morgan fingerprint density at radius 2 is 2.00 bits per heavy atom. The Labute approximate surface area is 114 Å². The van der Waals surface area contributed by atoms with Crippen LogP contribution in [0, 0.1) is 0 Å². The second-order valence-electron chi connectivity index (χ2n) is 4.39. The zero-order valence-corrected chi connectivity index (χ0v) is 12.6. The minimum Gasteiger partial charge on any atom is -0.298 e. The molecule has 0 amide bonds. The topological polar surface area (TPSA) is 15.6 Å². The van der Waals surface area contributed by atoms with Gasteiger partial charge in [-0.2, -0.15) is 0 Å². The minimum atomic E-state index is -2.65. The number of nitrogens with zero attached hydrogens (tertiary/aromatic N) is 2. The SMILES string of the molecule is C=N/C(CN(CC)CCC)=C(/C)SCC(C)(F)F. The molecule has 0 N–H and O–H groups in total. The van der Waals surface area contributed by atoms with E-state index in [1.165, 1.54) is 0 Å². The zero-order chi connectivity index (χ0) is 14.2. The van der Waals surface area contributed by atoms with Crippen molar-refractivity contribution in [2.75, 3.05) is 25.4 Å². The largest absolute Gasteiger partial charge is 0.298 e. The van der Waals surface area contributed by atoms with Crippen LogP contribution >= 0.6 is 11.8 Å². The molecule has 0 aliphatic rings. The Hall–Kier alpha value is -0.420. The predicted molar refractivity (Wildman–Crippen MR) is 77.7 cm³/mol. The van der Waals surface area contributed by atoms with Crippen LogP contribution in [-0.4, -0.2) is 42.9 Å². The van der Waals surface area contributed by atoms with Crippen molar-refractivity contribution < 1.29 is 8.78 Å². The number of rotatable bonds is 9. The highest BCUT2D eigenvalue weighted by atomic mass is 32.2. The number of aliphatic imine (C=N–C) groups is 1. The van der Waals surface area contributed by atoms with Crippen LogP contribution < -0.4 is 0 Å². The first-order valence-corrected chi connectivity index (χ1v) is 7.22. The van der Waals surface area contributed by atoms with Crippen molar-refractivity contribution in [2.24, 2.45) is 4.99 Å². The van der Waals surface area contributed by atoms with Gasteiger partial charge in [-0.1, -0.05) is 13.8 Å². The molecule has 0 saturated carbocycles. The van der Waals surface area contributed by atoms with Crippen molar-refractivity contribution in [1.29, 1.82) is 0 Å². The van der Waals surface area contributed by atoms with E-state index in [1.54, 1.807) is 0 Å². The molecule has 0 bridgehead atoms. The summed E-state index contributed by atoms with van der Waals surface area (Å²) in [5, 5.41) is 0. The normalized spacial score (nSPS) is 13.7. The average Bonchev–Trinajstić information content (AvgIpc) is 2.30. The standard InChI is InChI=1S/C13H24F2N2S/c1-6-8-17(7-2)9-12(16-5)11(3)18-10-13(4,14)15/h5-10H2,1-4H3/b12-11-. The van der Waals surface area contributed by atoms with E-state index in [4.69, 9.17) is 0 Å². The lowest BCUT2D eigenvalue weighted by atomic mass is 10.3. The van der Waals surface area contributed by atoms with Crippen molar-refractivity contribution in [3.63, 3.8) is 0 Å². The van der Waals surface area contributed by atoms with Gasteiger partial charge in [0.1, 0.15) is 0 Å². The molecule has 0 aromatic carbocycles. The summed E-state index contributed by atoms with van der Waals surface area (Å²) in [5.41, 5.74) is 0.805. The summed E-state index contributed by atoms with van der Waals surface area (Å²) in [4.78, 5) is 7.05. The fourth-order valence-corrected chi connectivity index (χ4v) is 2.23. The summed E-state index contributed by atoms with van der Waals surface area (Å²) in [5.74, 6) is -2.86. The molecule has 0 aromatic heterocycles. The van der Waals surface area contributed by atoms with E-state index in [1.807, 2.05) is 6.92 Å². The molecule has 106 valence electrons. The Bertz CT molecular complexity index is 285. The minimum absolute atomic E-state index is 0.211. The molecule has 0 saturated heterocycles. The smallest absolute Gasteiger partial charge is 0.254 e. The van der Waals surface area contributed by atoms with Crippen LogP contribution in [0.1, 0.15) is 34.1 Å². The molecule has 0 aromatic rings. The Balaban J connectivity index is 4.56. The lowest BCUT2D eigenvalue weighted by molar-refractivity contribution is 0.0493. The van der Waals surface area contributed by atoms with E-state index in [0.29, 0.717) is 6.54 Å².